The summed E-state index contributed by atoms with van der Waals surface area (Å²) in [6, 6.07) is 14.0. The van der Waals surface area contributed by atoms with Crippen molar-refractivity contribution < 1.29 is 9.47 Å². The molecule has 1 fully saturated rings. The number of hydrogen-bond donors (Lipinski definition) is 1. The smallest absolute Gasteiger partial charge is 0.110 e. The van der Waals surface area contributed by atoms with Crippen LogP contribution in [0, 0.1) is 11.3 Å². The summed E-state index contributed by atoms with van der Waals surface area (Å²) in [5.74, 6) is 0. The van der Waals surface area contributed by atoms with Crippen LogP contribution in [0.4, 0.5) is 5.69 Å². The van der Waals surface area contributed by atoms with Crippen LogP contribution < -0.4 is 5.32 Å². The lowest BCUT2D eigenvalue weighted by molar-refractivity contribution is -0.00617. The molecule has 21 heavy (non-hydrogen) atoms. The zero-order valence-electron chi connectivity index (χ0n) is 12.1. The van der Waals surface area contributed by atoms with Gasteiger partial charge in [-0.2, -0.15) is 5.26 Å². The van der Waals surface area contributed by atoms with Gasteiger partial charge in [-0.25, -0.2) is 0 Å². The van der Waals surface area contributed by atoms with Crippen LogP contribution in [-0.4, -0.2) is 32.5 Å². The van der Waals surface area contributed by atoms with Gasteiger partial charge < -0.3 is 14.8 Å². The molecule has 1 aliphatic heterocycles. The van der Waals surface area contributed by atoms with Crippen molar-refractivity contribution in [2.75, 3.05) is 32.2 Å². The third-order valence-corrected chi connectivity index (χ3v) is 4.15. The van der Waals surface area contributed by atoms with Crippen molar-refractivity contribution in [1.82, 2.24) is 0 Å². The number of nitrogens with zero attached hydrogens (tertiary/aromatic N) is 1. The highest BCUT2D eigenvalue weighted by Crippen LogP contribution is 2.28. The van der Waals surface area contributed by atoms with Gasteiger partial charge in [-0.1, -0.05) is 24.3 Å². The van der Waals surface area contributed by atoms with Gasteiger partial charge in [0.1, 0.15) is 5.60 Å². The Kier molecular flexibility index (Phi) is 3.78. The number of nitrogens with one attached hydrogen (secondary N) is 1. The molecule has 0 amide bonds. The molecule has 0 spiro atoms. The minimum atomic E-state index is -0.255. The van der Waals surface area contributed by atoms with Crippen molar-refractivity contribution in [3.63, 3.8) is 0 Å². The number of methoxy groups -OCH3 is 1. The van der Waals surface area contributed by atoms with Crippen LogP contribution in [0.3, 0.4) is 0 Å². The Morgan fingerprint density at radius 1 is 1.29 bits per heavy atom. The summed E-state index contributed by atoms with van der Waals surface area (Å²) < 4.78 is 11.1. The predicted molar refractivity (Wildman–Crippen MR) is 82.3 cm³/mol. The zero-order valence-corrected chi connectivity index (χ0v) is 12.1. The molecule has 108 valence electrons. The van der Waals surface area contributed by atoms with Crippen molar-refractivity contribution in [2.45, 2.75) is 12.0 Å². The third-order valence-electron chi connectivity index (χ3n) is 4.15. The van der Waals surface area contributed by atoms with E-state index in [0.29, 0.717) is 18.7 Å². The van der Waals surface area contributed by atoms with Crippen LogP contribution in [0.25, 0.3) is 10.8 Å². The normalized spacial score (nSPS) is 21.3. The molecule has 1 unspecified atom stereocenters. The molecule has 0 aromatic heterocycles. The molecule has 1 saturated heterocycles. The fourth-order valence-corrected chi connectivity index (χ4v) is 2.77. The first kappa shape index (κ1) is 13.9. The SMILES string of the molecule is COC1(CNc2ccc(C#N)c3ccccc23)CCOC1. The number of benzene rings is 2. The largest absolute Gasteiger partial charge is 0.382 e. The minimum absolute atomic E-state index is 0.255. The molecule has 0 bridgehead atoms. The van der Waals surface area contributed by atoms with Gasteiger partial charge in [-0.15, -0.1) is 0 Å². The third kappa shape index (κ3) is 2.58. The van der Waals surface area contributed by atoms with Crippen LogP contribution in [0.1, 0.15) is 12.0 Å². The quantitative estimate of drug-likeness (QED) is 0.936. The number of rotatable bonds is 4. The summed E-state index contributed by atoms with van der Waals surface area (Å²) in [5.41, 5.74) is 1.46. The second kappa shape index (κ2) is 5.72. The van der Waals surface area contributed by atoms with Crippen LogP contribution in [0.5, 0.6) is 0 Å². The summed E-state index contributed by atoms with van der Waals surface area (Å²) >= 11 is 0. The fraction of sp³-hybridized carbons (Fsp3) is 0.353. The molecule has 0 saturated carbocycles. The van der Waals surface area contributed by atoms with E-state index in [-0.39, 0.29) is 5.60 Å². The average molecular weight is 282 g/mol. The standard InChI is InChI=1S/C17H18N2O2/c1-20-17(8-9-21-12-17)11-19-16-7-6-13(10-18)14-4-2-3-5-15(14)16/h2-7,19H,8-9,11-12H2,1H3. The van der Waals surface area contributed by atoms with Gasteiger partial charge in [0.05, 0.1) is 18.2 Å². The van der Waals surface area contributed by atoms with Crippen LogP contribution in [0.15, 0.2) is 36.4 Å². The summed E-state index contributed by atoms with van der Waals surface area (Å²) in [6.07, 6.45) is 0.894. The van der Waals surface area contributed by atoms with Gasteiger partial charge in [0.2, 0.25) is 0 Å². The van der Waals surface area contributed by atoms with Gasteiger partial charge in [0, 0.05) is 43.1 Å². The minimum Gasteiger partial charge on any atom is -0.382 e. The highest BCUT2D eigenvalue weighted by Gasteiger charge is 2.34. The number of hydrogen-bond acceptors (Lipinski definition) is 4. The maximum absolute atomic E-state index is 9.20. The Hall–Kier alpha value is -2.09. The van der Waals surface area contributed by atoms with E-state index in [9.17, 15) is 5.26 Å². The molecule has 1 aliphatic rings. The van der Waals surface area contributed by atoms with Gasteiger partial charge in [-0.05, 0) is 12.1 Å². The molecule has 1 N–H and O–H groups in total. The first-order valence-corrected chi connectivity index (χ1v) is 7.07. The monoisotopic (exact) mass is 282 g/mol. The van der Waals surface area contributed by atoms with E-state index >= 15 is 0 Å². The number of fused-ring (bicyclic) bond motifs is 1. The van der Waals surface area contributed by atoms with Crippen LogP contribution in [-0.2, 0) is 9.47 Å². The van der Waals surface area contributed by atoms with Crippen LogP contribution >= 0.6 is 0 Å². The fourth-order valence-electron chi connectivity index (χ4n) is 2.77. The van der Waals surface area contributed by atoms with Crippen LogP contribution in [0.2, 0.25) is 0 Å². The molecule has 0 aliphatic carbocycles. The predicted octanol–water partition coefficient (Wildman–Crippen LogP) is 2.93. The average Bonchev–Trinajstić information content (AvgIpc) is 3.02. The molecule has 4 heteroatoms. The molecule has 4 nitrogen and oxygen atoms in total. The Morgan fingerprint density at radius 2 is 2.10 bits per heavy atom. The van der Waals surface area contributed by atoms with Gasteiger partial charge in [-0.3, -0.25) is 0 Å². The maximum atomic E-state index is 9.20. The van der Waals surface area contributed by atoms with Crippen molar-refractivity contribution in [1.29, 1.82) is 5.26 Å². The Balaban J connectivity index is 1.90. The van der Waals surface area contributed by atoms with Gasteiger partial charge >= 0.3 is 0 Å². The summed E-state index contributed by atoms with van der Waals surface area (Å²) in [5, 5.41) is 14.7. The van der Waals surface area contributed by atoms with Crippen molar-refractivity contribution in [3.05, 3.63) is 42.0 Å². The van der Waals surface area contributed by atoms with E-state index in [1.807, 2.05) is 36.4 Å². The second-order valence-electron chi connectivity index (χ2n) is 5.36. The maximum Gasteiger partial charge on any atom is 0.110 e. The van der Waals surface area contributed by atoms with Crippen molar-refractivity contribution in [2.24, 2.45) is 0 Å². The first-order chi connectivity index (χ1) is 10.3. The van der Waals surface area contributed by atoms with E-state index in [1.165, 1.54) is 0 Å². The molecule has 2 aromatic rings. The van der Waals surface area contributed by atoms with E-state index < -0.39 is 0 Å². The van der Waals surface area contributed by atoms with Gasteiger partial charge in [0.15, 0.2) is 0 Å². The molecule has 1 heterocycles. The topological polar surface area (TPSA) is 54.3 Å². The lowest BCUT2D eigenvalue weighted by Crippen LogP contribution is -2.39. The number of ether oxygens (including phenoxy) is 2. The molecule has 3 rings (SSSR count). The van der Waals surface area contributed by atoms with Crippen molar-refractivity contribution >= 4 is 16.5 Å². The first-order valence-electron chi connectivity index (χ1n) is 7.07. The summed E-state index contributed by atoms with van der Waals surface area (Å²) in [4.78, 5) is 0. The molecular formula is C17H18N2O2. The van der Waals surface area contributed by atoms with E-state index in [0.717, 1.165) is 29.5 Å². The molecular weight excluding hydrogens is 264 g/mol. The lowest BCUT2D eigenvalue weighted by Gasteiger charge is -2.26. The Morgan fingerprint density at radius 3 is 2.76 bits per heavy atom. The van der Waals surface area contributed by atoms with E-state index in [2.05, 4.69) is 11.4 Å². The van der Waals surface area contributed by atoms with E-state index in [4.69, 9.17) is 9.47 Å². The van der Waals surface area contributed by atoms with Crippen molar-refractivity contribution in [3.8, 4) is 6.07 Å². The molecule has 1 atom stereocenters. The number of nitriles is 1. The highest BCUT2D eigenvalue weighted by molar-refractivity contribution is 5.97. The Labute approximate surface area is 124 Å². The summed E-state index contributed by atoms with van der Waals surface area (Å²) in [6.45, 7) is 2.05. The molecule has 2 aromatic carbocycles. The lowest BCUT2D eigenvalue weighted by atomic mass is 10.0. The summed E-state index contributed by atoms with van der Waals surface area (Å²) in [7, 11) is 1.73. The van der Waals surface area contributed by atoms with Gasteiger partial charge in [0.25, 0.3) is 0 Å². The van der Waals surface area contributed by atoms with E-state index in [1.54, 1.807) is 7.11 Å². The molecule has 0 radical (unpaired) electrons. The Bertz CT molecular complexity index is 685. The zero-order chi connectivity index (χ0) is 14.7. The number of anilines is 1. The highest BCUT2D eigenvalue weighted by atomic mass is 16.5. The second-order valence-corrected chi connectivity index (χ2v) is 5.36.